The summed E-state index contributed by atoms with van der Waals surface area (Å²) in [6.07, 6.45) is 0. The van der Waals surface area contributed by atoms with Gasteiger partial charge in [-0.1, -0.05) is 12.1 Å². The van der Waals surface area contributed by atoms with E-state index in [1.165, 1.54) is 8.14 Å². The first-order valence-corrected chi connectivity index (χ1v) is 8.54. The number of nitrogens with zero attached hydrogens (tertiary/aromatic N) is 4. The molecule has 0 bridgehead atoms. The number of halogens is 1. The van der Waals surface area contributed by atoms with Gasteiger partial charge in [-0.15, -0.1) is 10.2 Å². The second-order valence-electron chi connectivity index (χ2n) is 5.49. The van der Waals surface area contributed by atoms with Gasteiger partial charge >= 0.3 is 0 Å². The summed E-state index contributed by atoms with van der Waals surface area (Å²) in [5.74, 6) is 1.30. The molecule has 0 atom stereocenters. The Balaban J connectivity index is 1.82. The Kier molecular flexibility index (Phi) is 3.72. The molecule has 120 valence electrons. The van der Waals surface area contributed by atoms with Gasteiger partial charge in [0.1, 0.15) is 0 Å². The van der Waals surface area contributed by atoms with Gasteiger partial charge in [0.2, 0.25) is 5.78 Å². The third-order valence-corrected chi connectivity index (χ3v) is 4.71. The van der Waals surface area contributed by atoms with Crippen LogP contribution in [0.3, 0.4) is 0 Å². The quantitative estimate of drug-likeness (QED) is 0.507. The monoisotopic (exact) mass is 431 g/mol. The number of hydrogen-bond donors (Lipinski definition) is 1. The molecule has 2 aromatic carbocycles. The highest BCUT2D eigenvalue weighted by Crippen LogP contribution is 2.16. The molecule has 0 amide bonds. The van der Waals surface area contributed by atoms with Crippen LogP contribution in [-0.4, -0.2) is 19.2 Å². The Hall–Kier alpha value is -2.42. The lowest BCUT2D eigenvalue weighted by atomic mass is 10.2. The summed E-state index contributed by atoms with van der Waals surface area (Å²) in [6.45, 7) is 0.518. The highest BCUT2D eigenvalue weighted by molar-refractivity contribution is 14.1. The van der Waals surface area contributed by atoms with E-state index in [-0.39, 0.29) is 5.56 Å². The molecule has 0 fully saturated rings. The summed E-state index contributed by atoms with van der Waals surface area (Å²) < 4.78 is 4.65. The average molecular weight is 431 g/mol. The van der Waals surface area contributed by atoms with Gasteiger partial charge < -0.3 is 5.32 Å². The molecule has 4 aromatic rings. The van der Waals surface area contributed by atoms with Crippen molar-refractivity contribution < 1.29 is 0 Å². The number of anilines is 1. The van der Waals surface area contributed by atoms with Crippen molar-refractivity contribution in [3.8, 4) is 0 Å². The summed E-state index contributed by atoms with van der Waals surface area (Å²) in [4.78, 5) is 12.4. The third kappa shape index (κ3) is 2.44. The van der Waals surface area contributed by atoms with Crippen LogP contribution in [0.2, 0.25) is 0 Å². The molecule has 0 aliphatic carbocycles. The van der Waals surface area contributed by atoms with Crippen LogP contribution in [0, 0.1) is 3.57 Å². The first-order chi connectivity index (χ1) is 11.6. The third-order valence-electron chi connectivity index (χ3n) is 3.99. The smallest absolute Gasteiger partial charge is 0.262 e. The molecule has 0 spiro atoms. The van der Waals surface area contributed by atoms with E-state index in [0.717, 1.165) is 17.0 Å². The Morgan fingerprint density at radius 1 is 1.08 bits per heavy atom. The SMILES string of the molecule is Cn1c(=O)c2ccccc2n2c(CNc3ccc(I)cc3)nnc12. The first kappa shape index (κ1) is 15.1. The van der Waals surface area contributed by atoms with Crippen molar-refractivity contribution in [3.05, 3.63) is 68.3 Å². The Labute approximate surface area is 151 Å². The number of benzene rings is 2. The number of para-hydroxylation sites is 1. The number of rotatable bonds is 3. The highest BCUT2D eigenvalue weighted by atomic mass is 127. The Morgan fingerprint density at radius 2 is 1.83 bits per heavy atom. The second-order valence-corrected chi connectivity index (χ2v) is 6.74. The van der Waals surface area contributed by atoms with Gasteiger partial charge in [0.05, 0.1) is 17.4 Å². The maximum atomic E-state index is 12.4. The molecule has 0 aliphatic heterocycles. The molecule has 2 heterocycles. The molecule has 2 aromatic heterocycles. The predicted molar refractivity (Wildman–Crippen MR) is 102 cm³/mol. The topological polar surface area (TPSA) is 64.2 Å². The van der Waals surface area contributed by atoms with E-state index in [9.17, 15) is 4.79 Å². The maximum Gasteiger partial charge on any atom is 0.262 e. The zero-order valence-corrected chi connectivity index (χ0v) is 15.1. The van der Waals surface area contributed by atoms with E-state index in [4.69, 9.17) is 0 Å². The van der Waals surface area contributed by atoms with Gasteiger partial charge in [-0.05, 0) is 59.0 Å². The molecule has 0 saturated heterocycles. The summed E-state index contributed by atoms with van der Waals surface area (Å²) in [6, 6.07) is 15.7. The van der Waals surface area contributed by atoms with E-state index < -0.39 is 0 Å². The fourth-order valence-electron chi connectivity index (χ4n) is 2.76. The van der Waals surface area contributed by atoms with Crippen LogP contribution in [-0.2, 0) is 13.6 Å². The van der Waals surface area contributed by atoms with Gasteiger partial charge in [-0.25, -0.2) is 0 Å². The van der Waals surface area contributed by atoms with Gasteiger partial charge in [0, 0.05) is 16.3 Å². The molecule has 6 nitrogen and oxygen atoms in total. The van der Waals surface area contributed by atoms with Crippen molar-refractivity contribution in [2.45, 2.75) is 6.54 Å². The molecule has 0 unspecified atom stereocenters. The lowest BCUT2D eigenvalue weighted by Gasteiger charge is -2.09. The lowest BCUT2D eigenvalue weighted by Crippen LogP contribution is -2.20. The van der Waals surface area contributed by atoms with Crippen molar-refractivity contribution in [1.82, 2.24) is 19.2 Å². The van der Waals surface area contributed by atoms with Crippen LogP contribution in [0.1, 0.15) is 5.82 Å². The standard InChI is InChI=1S/C17H14IN5O/c1-22-16(24)13-4-2-3-5-14(13)23-15(20-21-17(22)23)10-19-12-8-6-11(18)7-9-12/h2-9,19H,10H2,1H3. The fraction of sp³-hybridized carbons (Fsp3) is 0.118. The Morgan fingerprint density at radius 3 is 2.62 bits per heavy atom. The van der Waals surface area contributed by atoms with Crippen molar-refractivity contribution in [3.63, 3.8) is 0 Å². The van der Waals surface area contributed by atoms with Gasteiger partial charge in [-0.2, -0.15) is 0 Å². The number of aryl methyl sites for hydroxylation is 1. The van der Waals surface area contributed by atoms with Crippen LogP contribution in [0.15, 0.2) is 53.3 Å². The summed E-state index contributed by atoms with van der Waals surface area (Å²) >= 11 is 2.28. The fourth-order valence-corrected chi connectivity index (χ4v) is 3.12. The highest BCUT2D eigenvalue weighted by Gasteiger charge is 2.14. The van der Waals surface area contributed by atoms with E-state index in [1.54, 1.807) is 7.05 Å². The summed E-state index contributed by atoms with van der Waals surface area (Å²) in [7, 11) is 1.72. The largest absolute Gasteiger partial charge is 0.378 e. The van der Waals surface area contributed by atoms with Crippen molar-refractivity contribution >= 4 is 45.0 Å². The predicted octanol–water partition coefficient (Wildman–Crippen LogP) is 2.80. The molecule has 24 heavy (non-hydrogen) atoms. The van der Waals surface area contributed by atoms with Gasteiger partial charge in [0.15, 0.2) is 5.82 Å². The molecule has 4 rings (SSSR count). The number of hydrogen-bond acceptors (Lipinski definition) is 4. The molecular weight excluding hydrogens is 417 g/mol. The summed E-state index contributed by atoms with van der Waals surface area (Å²) in [5, 5.41) is 12.5. The van der Waals surface area contributed by atoms with E-state index in [1.807, 2.05) is 52.9 Å². The maximum absolute atomic E-state index is 12.4. The van der Waals surface area contributed by atoms with Crippen LogP contribution < -0.4 is 10.9 Å². The van der Waals surface area contributed by atoms with E-state index >= 15 is 0 Å². The van der Waals surface area contributed by atoms with Crippen LogP contribution in [0.4, 0.5) is 5.69 Å². The molecule has 1 N–H and O–H groups in total. The molecule has 0 saturated carbocycles. The normalized spacial score (nSPS) is 11.2. The number of aromatic nitrogens is 4. The minimum Gasteiger partial charge on any atom is -0.378 e. The zero-order valence-electron chi connectivity index (χ0n) is 12.9. The van der Waals surface area contributed by atoms with Crippen molar-refractivity contribution in [2.75, 3.05) is 5.32 Å². The Bertz CT molecular complexity index is 1100. The average Bonchev–Trinajstić information content (AvgIpc) is 3.03. The second kappa shape index (κ2) is 5.90. The van der Waals surface area contributed by atoms with Gasteiger partial charge in [-0.3, -0.25) is 13.8 Å². The van der Waals surface area contributed by atoms with Crippen LogP contribution in [0.5, 0.6) is 0 Å². The van der Waals surface area contributed by atoms with Crippen LogP contribution in [0.25, 0.3) is 16.7 Å². The number of fused-ring (bicyclic) bond motifs is 3. The molecule has 0 radical (unpaired) electrons. The van der Waals surface area contributed by atoms with Crippen molar-refractivity contribution in [2.24, 2.45) is 7.05 Å². The minimum atomic E-state index is -0.0670. The van der Waals surface area contributed by atoms with Crippen molar-refractivity contribution in [1.29, 1.82) is 0 Å². The molecule has 7 heteroatoms. The minimum absolute atomic E-state index is 0.0670. The summed E-state index contributed by atoms with van der Waals surface area (Å²) in [5.41, 5.74) is 1.77. The van der Waals surface area contributed by atoms with E-state index in [2.05, 4.69) is 38.1 Å². The zero-order chi connectivity index (χ0) is 16.7. The first-order valence-electron chi connectivity index (χ1n) is 7.46. The lowest BCUT2D eigenvalue weighted by molar-refractivity contribution is 0.855. The molecular formula is C17H14IN5O. The van der Waals surface area contributed by atoms with E-state index in [0.29, 0.717) is 17.7 Å². The number of nitrogens with one attached hydrogen (secondary N) is 1. The van der Waals surface area contributed by atoms with Crippen LogP contribution >= 0.6 is 22.6 Å². The molecule has 0 aliphatic rings. The van der Waals surface area contributed by atoms with Gasteiger partial charge in [0.25, 0.3) is 5.56 Å².